The lowest BCUT2D eigenvalue weighted by atomic mass is 10.1. The van der Waals surface area contributed by atoms with Crippen LogP contribution in [-0.2, 0) is 19.3 Å². The quantitative estimate of drug-likeness (QED) is 0.415. The minimum absolute atomic E-state index is 0. The monoisotopic (exact) mass is 503 g/mol. The maximum atomic E-state index is 12.6. The Morgan fingerprint density at radius 3 is 2.00 bits per heavy atom. The zero-order valence-corrected chi connectivity index (χ0v) is 18.8. The highest BCUT2D eigenvalue weighted by atomic mass is 127. The number of quaternary nitrogens is 1. The van der Waals surface area contributed by atoms with Gasteiger partial charge < -0.3 is 37.9 Å². The number of ether oxygens (including phenoxy) is 2. The van der Waals surface area contributed by atoms with Crippen LogP contribution in [0.3, 0.4) is 0 Å². The van der Waals surface area contributed by atoms with Crippen LogP contribution in [-0.4, -0.2) is 59.9 Å². The summed E-state index contributed by atoms with van der Waals surface area (Å²) in [6, 6.07) is 15.4. The Kier molecular flexibility index (Phi) is 7.43. The summed E-state index contributed by atoms with van der Waals surface area (Å²) in [5, 5.41) is 0. The molecule has 0 unspecified atom stereocenters. The molecule has 2 aromatic rings. The molecule has 0 radical (unpaired) electrons. The summed E-state index contributed by atoms with van der Waals surface area (Å²) in [5.41, 5.74) is 0.931. The van der Waals surface area contributed by atoms with Crippen LogP contribution in [0, 0.1) is 0 Å². The van der Waals surface area contributed by atoms with Gasteiger partial charge in [0.25, 0.3) is 0 Å². The van der Waals surface area contributed by atoms with Gasteiger partial charge in [-0.25, -0.2) is 8.42 Å². The SMILES string of the molecule is C[N+](C)(C)C[C@@H]1CO[C@H](c2ccc(S(=O)(=O)c3ccccc3)cc2)CO1.[I-]. The summed E-state index contributed by atoms with van der Waals surface area (Å²) in [7, 11) is 2.89. The first-order valence-corrected chi connectivity index (χ1v) is 10.2. The van der Waals surface area contributed by atoms with E-state index in [0.717, 1.165) is 16.6 Å². The summed E-state index contributed by atoms with van der Waals surface area (Å²) >= 11 is 0. The van der Waals surface area contributed by atoms with E-state index in [0.29, 0.717) is 18.1 Å². The lowest BCUT2D eigenvalue weighted by Gasteiger charge is -2.34. The third-order valence-electron chi connectivity index (χ3n) is 4.33. The molecule has 0 spiro atoms. The van der Waals surface area contributed by atoms with Gasteiger partial charge in [0.05, 0.1) is 44.1 Å². The maximum absolute atomic E-state index is 12.6. The lowest BCUT2D eigenvalue weighted by molar-refractivity contribution is -0.874. The molecule has 0 amide bonds. The van der Waals surface area contributed by atoms with Gasteiger partial charge in [-0.3, -0.25) is 0 Å². The lowest BCUT2D eigenvalue weighted by Crippen LogP contribution is -3.00. The van der Waals surface area contributed by atoms with E-state index in [2.05, 4.69) is 21.1 Å². The van der Waals surface area contributed by atoms with Crippen molar-refractivity contribution in [2.45, 2.75) is 22.0 Å². The van der Waals surface area contributed by atoms with Crippen molar-refractivity contribution in [2.75, 3.05) is 40.9 Å². The van der Waals surface area contributed by atoms with E-state index < -0.39 is 9.84 Å². The molecule has 1 saturated heterocycles. The molecule has 0 aliphatic carbocycles. The van der Waals surface area contributed by atoms with Gasteiger partial charge in [-0.05, 0) is 29.8 Å². The topological polar surface area (TPSA) is 52.6 Å². The maximum Gasteiger partial charge on any atom is 0.206 e. The third-order valence-corrected chi connectivity index (χ3v) is 6.12. The zero-order valence-electron chi connectivity index (χ0n) is 15.8. The number of rotatable bonds is 5. The van der Waals surface area contributed by atoms with Crippen LogP contribution in [0.4, 0.5) is 0 Å². The van der Waals surface area contributed by atoms with Gasteiger partial charge in [0, 0.05) is 0 Å². The molecule has 1 aliphatic rings. The van der Waals surface area contributed by atoms with E-state index in [4.69, 9.17) is 9.47 Å². The Bertz CT molecular complexity index is 825. The molecule has 5 nitrogen and oxygen atoms in total. The van der Waals surface area contributed by atoms with Gasteiger partial charge >= 0.3 is 0 Å². The number of sulfone groups is 1. The van der Waals surface area contributed by atoms with E-state index in [-0.39, 0.29) is 41.1 Å². The van der Waals surface area contributed by atoms with Crippen LogP contribution in [0.2, 0.25) is 0 Å². The highest BCUT2D eigenvalue weighted by molar-refractivity contribution is 7.91. The molecule has 2 atom stereocenters. The van der Waals surface area contributed by atoms with Crippen LogP contribution >= 0.6 is 0 Å². The minimum Gasteiger partial charge on any atom is -1.00 e. The number of hydrogen-bond acceptors (Lipinski definition) is 4. The van der Waals surface area contributed by atoms with Crippen LogP contribution in [0.5, 0.6) is 0 Å². The molecule has 0 saturated carbocycles. The highest BCUT2D eigenvalue weighted by Gasteiger charge is 2.28. The standard InChI is InChI=1S/C20H26NO4S.HI/c1-21(2,3)13-17-14-25-20(15-24-17)16-9-11-19(12-10-16)26(22,23)18-7-5-4-6-8-18;/h4-12,17,20H,13-15H2,1-3H3;1H/q+1;/p-1/t17-,20+;/m1./s1. The second kappa shape index (κ2) is 9.00. The molecule has 148 valence electrons. The Balaban J connectivity index is 0.00000261. The van der Waals surface area contributed by atoms with E-state index in [1.54, 1.807) is 42.5 Å². The Hall–Kier alpha value is -1.000. The molecule has 1 fully saturated rings. The van der Waals surface area contributed by atoms with Crippen molar-refractivity contribution in [2.24, 2.45) is 0 Å². The Labute approximate surface area is 178 Å². The predicted octanol–water partition coefficient (Wildman–Crippen LogP) is -0.314. The molecule has 27 heavy (non-hydrogen) atoms. The van der Waals surface area contributed by atoms with Gasteiger partial charge in [-0.2, -0.15) is 0 Å². The number of nitrogens with zero attached hydrogens (tertiary/aromatic N) is 1. The molecule has 1 aliphatic heterocycles. The number of hydrogen-bond donors (Lipinski definition) is 0. The smallest absolute Gasteiger partial charge is 0.206 e. The highest BCUT2D eigenvalue weighted by Crippen LogP contribution is 2.26. The first-order chi connectivity index (χ1) is 12.3. The Morgan fingerprint density at radius 1 is 0.889 bits per heavy atom. The van der Waals surface area contributed by atoms with Crippen molar-refractivity contribution in [1.29, 1.82) is 0 Å². The summed E-state index contributed by atoms with van der Waals surface area (Å²) in [6.45, 7) is 1.92. The van der Waals surface area contributed by atoms with E-state index in [1.807, 2.05) is 12.1 Å². The first kappa shape index (κ1) is 22.3. The van der Waals surface area contributed by atoms with Crippen molar-refractivity contribution in [3.8, 4) is 0 Å². The van der Waals surface area contributed by atoms with Crippen molar-refractivity contribution in [3.05, 3.63) is 60.2 Å². The molecule has 1 heterocycles. The molecule has 7 heteroatoms. The van der Waals surface area contributed by atoms with Crippen LogP contribution in [0.25, 0.3) is 0 Å². The molecule has 0 bridgehead atoms. The number of benzene rings is 2. The Morgan fingerprint density at radius 2 is 1.48 bits per heavy atom. The fourth-order valence-corrected chi connectivity index (χ4v) is 4.33. The largest absolute Gasteiger partial charge is 1.00 e. The summed E-state index contributed by atoms with van der Waals surface area (Å²) in [5.74, 6) is 0. The van der Waals surface area contributed by atoms with Crippen molar-refractivity contribution < 1.29 is 46.4 Å². The van der Waals surface area contributed by atoms with Crippen molar-refractivity contribution >= 4 is 9.84 Å². The summed E-state index contributed by atoms with van der Waals surface area (Å²) in [4.78, 5) is 0.584. The molecular weight excluding hydrogens is 477 g/mol. The predicted molar refractivity (Wildman–Crippen MR) is 99.7 cm³/mol. The average molecular weight is 503 g/mol. The van der Waals surface area contributed by atoms with Gasteiger partial charge in [0.15, 0.2) is 0 Å². The van der Waals surface area contributed by atoms with E-state index in [9.17, 15) is 8.42 Å². The van der Waals surface area contributed by atoms with E-state index in [1.165, 1.54) is 0 Å². The van der Waals surface area contributed by atoms with Crippen LogP contribution < -0.4 is 24.0 Å². The van der Waals surface area contributed by atoms with Crippen LogP contribution in [0.1, 0.15) is 11.7 Å². The number of likely N-dealkylation sites (N-methyl/N-ethyl adjacent to an activating group) is 1. The second-order valence-electron chi connectivity index (χ2n) is 7.64. The molecule has 0 N–H and O–H groups in total. The molecule has 2 aromatic carbocycles. The number of halogens is 1. The van der Waals surface area contributed by atoms with Gasteiger partial charge in [0.2, 0.25) is 9.84 Å². The summed E-state index contributed by atoms with van der Waals surface area (Å²) in [6.07, 6.45) is -0.0730. The van der Waals surface area contributed by atoms with Gasteiger partial charge in [0.1, 0.15) is 18.8 Å². The van der Waals surface area contributed by atoms with Gasteiger partial charge in [-0.15, -0.1) is 0 Å². The molecule has 0 aromatic heterocycles. The molecular formula is C20H26INO4S. The normalized spacial score (nSPS) is 20.7. The third kappa shape index (κ3) is 5.74. The van der Waals surface area contributed by atoms with E-state index >= 15 is 0 Å². The fraction of sp³-hybridized carbons (Fsp3) is 0.400. The minimum atomic E-state index is -3.49. The van der Waals surface area contributed by atoms with Crippen molar-refractivity contribution in [1.82, 2.24) is 0 Å². The fourth-order valence-electron chi connectivity index (χ4n) is 3.05. The second-order valence-corrected chi connectivity index (χ2v) is 9.59. The van der Waals surface area contributed by atoms with Gasteiger partial charge in [-0.1, -0.05) is 30.3 Å². The average Bonchev–Trinajstić information content (AvgIpc) is 2.62. The van der Waals surface area contributed by atoms with Crippen LogP contribution in [0.15, 0.2) is 64.4 Å². The summed E-state index contributed by atoms with van der Waals surface area (Å²) < 4.78 is 38.0. The van der Waals surface area contributed by atoms with Crippen molar-refractivity contribution in [3.63, 3.8) is 0 Å². The molecule has 3 rings (SSSR count). The zero-order chi connectivity index (χ0) is 18.8. The first-order valence-electron chi connectivity index (χ1n) is 8.69.